The molecule has 2 aromatic carbocycles. The summed E-state index contributed by atoms with van der Waals surface area (Å²) < 4.78 is 27.0. The Morgan fingerprint density at radius 1 is 1.05 bits per heavy atom. The summed E-state index contributed by atoms with van der Waals surface area (Å²) in [7, 11) is 0. The molecule has 1 aromatic heterocycles. The molecule has 3 rings (SSSR count). The minimum atomic E-state index is -0.884. The average molecular weight is 272 g/mol. The number of anilines is 1. The van der Waals surface area contributed by atoms with Gasteiger partial charge >= 0.3 is 0 Å². The van der Waals surface area contributed by atoms with E-state index in [0.29, 0.717) is 5.69 Å². The van der Waals surface area contributed by atoms with Crippen LogP contribution in [0.1, 0.15) is 10.4 Å². The zero-order chi connectivity index (χ0) is 14.1. The summed E-state index contributed by atoms with van der Waals surface area (Å²) in [5.41, 5.74) is 0.812. The average Bonchev–Trinajstić information content (AvgIpc) is 2.85. The van der Waals surface area contributed by atoms with Crippen LogP contribution in [0.3, 0.4) is 0 Å². The highest BCUT2D eigenvalue weighted by Gasteiger charge is 2.17. The lowest BCUT2D eigenvalue weighted by Gasteiger charge is -2.07. The van der Waals surface area contributed by atoms with Gasteiger partial charge in [-0.15, -0.1) is 0 Å². The summed E-state index contributed by atoms with van der Waals surface area (Å²) in [6.07, 6.45) is 1.77. The van der Waals surface area contributed by atoms with Crippen molar-refractivity contribution in [3.8, 4) is 0 Å². The van der Waals surface area contributed by atoms with E-state index in [1.807, 2.05) is 6.07 Å². The highest BCUT2D eigenvalue weighted by atomic mass is 19.1. The number of fused-ring (bicyclic) bond motifs is 1. The van der Waals surface area contributed by atoms with Gasteiger partial charge in [0.05, 0.1) is 0 Å². The number of aromatic nitrogens is 1. The maximum Gasteiger partial charge on any atom is 0.261 e. The first-order valence-corrected chi connectivity index (χ1v) is 5.97. The molecule has 0 atom stereocenters. The molecule has 0 aliphatic carbocycles. The van der Waals surface area contributed by atoms with Crippen LogP contribution in [0.4, 0.5) is 14.5 Å². The van der Waals surface area contributed by atoms with E-state index in [-0.39, 0.29) is 0 Å². The van der Waals surface area contributed by atoms with E-state index in [1.165, 1.54) is 6.07 Å². The molecular formula is C15H10F2N2O. The van der Waals surface area contributed by atoms with Crippen LogP contribution in [0.25, 0.3) is 10.9 Å². The Kier molecular flexibility index (Phi) is 2.95. The molecule has 3 nitrogen and oxygen atoms in total. The number of rotatable bonds is 2. The van der Waals surface area contributed by atoms with Gasteiger partial charge in [0.25, 0.3) is 5.91 Å². The lowest BCUT2D eigenvalue weighted by Crippen LogP contribution is -2.15. The van der Waals surface area contributed by atoms with Crippen LogP contribution in [0.15, 0.2) is 48.7 Å². The lowest BCUT2D eigenvalue weighted by molar-refractivity contribution is 0.101. The summed E-state index contributed by atoms with van der Waals surface area (Å²) in [5, 5.41) is 3.39. The molecule has 0 bridgehead atoms. The fourth-order valence-electron chi connectivity index (χ4n) is 2.04. The summed E-state index contributed by atoms with van der Waals surface area (Å²) in [6, 6.07) is 10.3. The molecule has 0 aliphatic rings. The fourth-order valence-corrected chi connectivity index (χ4v) is 2.04. The number of aromatic amines is 1. The number of benzene rings is 2. The predicted molar refractivity (Wildman–Crippen MR) is 72.6 cm³/mol. The first-order valence-electron chi connectivity index (χ1n) is 5.97. The van der Waals surface area contributed by atoms with E-state index in [4.69, 9.17) is 0 Å². The van der Waals surface area contributed by atoms with Gasteiger partial charge in [-0.2, -0.15) is 0 Å². The second kappa shape index (κ2) is 4.77. The van der Waals surface area contributed by atoms with Gasteiger partial charge in [0.1, 0.15) is 17.2 Å². The number of amides is 1. The molecule has 1 amide bonds. The van der Waals surface area contributed by atoms with Crippen molar-refractivity contribution in [2.24, 2.45) is 0 Å². The van der Waals surface area contributed by atoms with Crippen molar-refractivity contribution in [2.75, 3.05) is 5.32 Å². The summed E-state index contributed by atoms with van der Waals surface area (Å²) >= 11 is 0. The van der Waals surface area contributed by atoms with Crippen molar-refractivity contribution in [3.63, 3.8) is 0 Å². The SMILES string of the molecule is O=C(Nc1ccc2[nH]ccc2c1)c1c(F)cccc1F. The van der Waals surface area contributed by atoms with Gasteiger partial charge in [0.15, 0.2) is 0 Å². The van der Waals surface area contributed by atoms with Crippen molar-refractivity contribution < 1.29 is 13.6 Å². The van der Waals surface area contributed by atoms with Crippen LogP contribution in [0.5, 0.6) is 0 Å². The predicted octanol–water partition coefficient (Wildman–Crippen LogP) is 3.70. The quantitative estimate of drug-likeness (QED) is 0.734. The molecule has 0 radical (unpaired) electrons. The fraction of sp³-hybridized carbons (Fsp3) is 0. The summed E-state index contributed by atoms with van der Waals surface area (Å²) in [4.78, 5) is 14.9. The second-order valence-electron chi connectivity index (χ2n) is 4.33. The molecule has 1 heterocycles. The Balaban J connectivity index is 1.92. The molecule has 0 fully saturated rings. The minimum Gasteiger partial charge on any atom is -0.361 e. The first-order chi connectivity index (χ1) is 9.65. The number of carbonyl (C=O) groups excluding carboxylic acids is 1. The summed E-state index contributed by atoms with van der Waals surface area (Å²) in [6.45, 7) is 0. The molecule has 0 spiro atoms. The van der Waals surface area contributed by atoms with E-state index in [0.717, 1.165) is 23.0 Å². The van der Waals surface area contributed by atoms with Gasteiger partial charge in [-0.3, -0.25) is 4.79 Å². The number of hydrogen-bond acceptors (Lipinski definition) is 1. The van der Waals surface area contributed by atoms with E-state index in [9.17, 15) is 13.6 Å². The highest BCUT2D eigenvalue weighted by molar-refractivity contribution is 6.05. The molecule has 100 valence electrons. The van der Waals surface area contributed by atoms with Crippen LogP contribution in [0, 0.1) is 11.6 Å². The molecule has 0 saturated heterocycles. The number of H-pyrrole nitrogens is 1. The zero-order valence-electron chi connectivity index (χ0n) is 10.3. The Hall–Kier alpha value is -2.69. The molecule has 0 aliphatic heterocycles. The zero-order valence-corrected chi connectivity index (χ0v) is 10.3. The normalized spacial score (nSPS) is 10.7. The van der Waals surface area contributed by atoms with Crippen LogP contribution in [-0.2, 0) is 0 Å². The Morgan fingerprint density at radius 3 is 2.55 bits per heavy atom. The molecule has 0 unspecified atom stereocenters. The standard InChI is InChI=1S/C15H10F2N2O/c16-11-2-1-3-12(17)14(11)15(20)19-10-4-5-13-9(8-10)6-7-18-13/h1-8,18H,(H,19,20). The third-order valence-electron chi connectivity index (χ3n) is 3.00. The number of hydrogen-bond donors (Lipinski definition) is 2. The van der Waals surface area contributed by atoms with Crippen molar-refractivity contribution in [2.45, 2.75) is 0 Å². The van der Waals surface area contributed by atoms with Crippen molar-refractivity contribution in [3.05, 3.63) is 65.9 Å². The van der Waals surface area contributed by atoms with Gasteiger partial charge in [-0.25, -0.2) is 8.78 Å². The van der Waals surface area contributed by atoms with Gasteiger partial charge in [-0.1, -0.05) is 6.07 Å². The monoisotopic (exact) mass is 272 g/mol. The van der Waals surface area contributed by atoms with Gasteiger partial charge in [-0.05, 0) is 36.4 Å². The third kappa shape index (κ3) is 2.14. The maximum absolute atomic E-state index is 13.5. The Morgan fingerprint density at radius 2 is 1.80 bits per heavy atom. The van der Waals surface area contributed by atoms with Crippen LogP contribution >= 0.6 is 0 Å². The van der Waals surface area contributed by atoms with E-state index >= 15 is 0 Å². The largest absolute Gasteiger partial charge is 0.361 e. The molecule has 0 saturated carbocycles. The molecular weight excluding hydrogens is 262 g/mol. The van der Waals surface area contributed by atoms with Crippen LogP contribution in [-0.4, -0.2) is 10.9 Å². The van der Waals surface area contributed by atoms with E-state index in [2.05, 4.69) is 10.3 Å². The van der Waals surface area contributed by atoms with Crippen molar-refractivity contribution >= 4 is 22.5 Å². The second-order valence-corrected chi connectivity index (χ2v) is 4.33. The summed E-state index contributed by atoms with van der Waals surface area (Å²) in [5.74, 6) is -2.58. The molecule has 20 heavy (non-hydrogen) atoms. The van der Waals surface area contributed by atoms with Gasteiger partial charge < -0.3 is 10.3 Å². The maximum atomic E-state index is 13.5. The Labute approximate surface area is 113 Å². The number of carbonyl (C=O) groups is 1. The van der Waals surface area contributed by atoms with E-state index < -0.39 is 23.1 Å². The number of nitrogens with one attached hydrogen (secondary N) is 2. The van der Waals surface area contributed by atoms with Gasteiger partial charge in [0.2, 0.25) is 0 Å². The number of halogens is 2. The Bertz CT molecular complexity index is 775. The highest BCUT2D eigenvalue weighted by Crippen LogP contribution is 2.19. The minimum absolute atomic E-state index is 0.477. The van der Waals surface area contributed by atoms with E-state index in [1.54, 1.807) is 24.4 Å². The lowest BCUT2D eigenvalue weighted by atomic mass is 10.1. The smallest absolute Gasteiger partial charge is 0.261 e. The van der Waals surface area contributed by atoms with Crippen molar-refractivity contribution in [1.82, 2.24) is 4.98 Å². The molecule has 3 aromatic rings. The van der Waals surface area contributed by atoms with Crippen LogP contribution in [0.2, 0.25) is 0 Å². The molecule has 2 N–H and O–H groups in total. The third-order valence-corrected chi connectivity index (χ3v) is 3.00. The van der Waals surface area contributed by atoms with Crippen molar-refractivity contribution in [1.29, 1.82) is 0 Å². The van der Waals surface area contributed by atoms with Gasteiger partial charge in [0, 0.05) is 22.8 Å². The first kappa shape index (κ1) is 12.3. The van der Waals surface area contributed by atoms with Crippen LogP contribution < -0.4 is 5.32 Å². The molecule has 5 heteroatoms. The topological polar surface area (TPSA) is 44.9 Å².